The summed E-state index contributed by atoms with van der Waals surface area (Å²) in [6.45, 7) is 9.46. The highest BCUT2D eigenvalue weighted by Crippen LogP contribution is 2.14. The molecule has 1 aliphatic heterocycles. The third-order valence-electron chi connectivity index (χ3n) is 5.07. The molecule has 1 aromatic heterocycles. The van der Waals surface area contributed by atoms with Crippen molar-refractivity contribution in [2.45, 2.75) is 45.8 Å². The van der Waals surface area contributed by atoms with E-state index >= 15 is 0 Å². The maximum absolute atomic E-state index is 5.76. The van der Waals surface area contributed by atoms with Crippen LogP contribution in [0.25, 0.3) is 0 Å². The Hall–Kier alpha value is -2.34. The average molecular weight is 384 g/mol. The Morgan fingerprint density at radius 2 is 2.00 bits per heavy atom. The molecular formula is C22H33N5O. The summed E-state index contributed by atoms with van der Waals surface area (Å²) in [4.78, 5) is 11.8. The van der Waals surface area contributed by atoms with Crippen molar-refractivity contribution >= 4 is 5.96 Å². The van der Waals surface area contributed by atoms with Gasteiger partial charge in [-0.2, -0.15) is 0 Å². The molecule has 0 atom stereocenters. The molecular weight excluding hydrogens is 350 g/mol. The first kappa shape index (κ1) is 20.4. The smallest absolute Gasteiger partial charge is 0.193 e. The number of aromatic nitrogens is 2. The van der Waals surface area contributed by atoms with Gasteiger partial charge in [0.2, 0.25) is 0 Å². The van der Waals surface area contributed by atoms with Crippen LogP contribution in [-0.2, 0) is 17.7 Å². The summed E-state index contributed by atoms with van der Waals surface area (Å²) in [5.74, 6) is 2.09. The van der Waals surface area contributed by atoms with Crippen molar-refractivity contribution in [3.05, 3.63) is 54.1 Å². The van der Waals surface area contributed by atoms with Gasteiger partial charge >= 0.3 is 0 Å². The zero-order valence-electron chi connectivity index (χ0n) is 17.2. The molecule has 0 aliphatic carbocycles. The van der Waals surface area contributed by atoms with E-state index in [2.05, 4.69) is 64.1 Å². The Morgan fingerprint density at radius 3 is 2.71 bits per heavy atom. The van der Waals surface area contributed by atoms with Crippen molar-refractivity contribution < 1.29 is 4.74 Å². The molecule has 0 bridgehead atoms. The summed E-state index contributed by atoms with van der Waals surface area (Å²) in [6, 6.07) is 10.5. The monoisotopic (exact) mass is 383 g/mol. The number of guanidine groups is 1. The van der Waals surface area contributed by atoms with E-state index < -0.39 is 0 Å². The van der Waals surface area contributed by atoms with Crippen LogP contribution in [-0.4, -0.2) is 59.3 Å². The van der Waals surface area contributed by atoms with Crippen LogP contribution < -0.4 is 5.32 Å². The summed E-state index contributed by atoms with van der Waals surface area (Å²) in [7, 11) is 0. The predicted molar refractivity (Wildman–Crippen MR) is 114 cm³/mol. The molecule has 28 heavy (non-hydrogen) atoms. The van der Waals surface area contributed by atoms with Crippen molar-refractivity contribution in [1.29, 1.82) is 0 Å². The van der Waals surface area contributed by atoms with Gasteiger partial charge in [-0.15, -0.1) is 0 Å². The first-order chi connectivity index (χ1) is 13.8. The lowest BCUT2D eigenvalue weighted by Crippen LogP contribution is -2.47. The number of benzene rings is 1. The number of aliphatic imine (C=N–C) groups is 1. The Labute approximate surface area is 168 Å². The molecule has 0 unspecified atom stereocenters. The lowest BCUT2D eigenvalue weighted by Gasteiger charge is -2.34. The molecule has 2 heterocycles. The zero-order chi connectivity index (χ0) is 19.6. The van der Waals surface area contributed by atoms with E-state index in [4.69, 9.17) is 9.73 Å². The fourth-order valence-corrected chi connectivity index (χ4v) is 3.65. The molecule has 1 aliphatic rings. The number of nitrogens with one attached hydrogen (secondary N) is 1. The molecule has 0 radical (unpaired) electrons. The molecule has 1 saturated heterocycles. The minimum absolute atomic E-state index is 0.398. The Balaban J connectivity index is 1.55. The lowest BCUT2D eigenvalue weighted by molar-refractivity contribution is 0.0264. The average Bonchev–Trinajstić information content (AvgIpc) is 3.16. The van der Waals surface area contributed by atoms with Gasteiger partial charge in [-0.05, 0) is 32.3 Å². The fraction of sp³-hybridized carbons (Fsp3) is 0.545. The topological polar surface area (TPSA) is 54.7 Å². The van der Waals surface area contributed by atoms with E-state index in [1.54, 1.807) is 0 Å². The quantitative estimate of drug-likeness (QED) is 0.562. The molecule has 152 valence electrons. The van der Waals surface area contributed by atoms with E-state index in [1.807, 2.05) is 12.3 Å². The third-order valence-corrected chi connectivity index (χ3v) is 5.07. The lowest BCUT2D eigenvalue weighted by atomic mass is 10.1. The number of nitrogens with zero attached hydrogens (tertiary/aromatic N) is 4. The van der Waals surface area contributed by atoms with Gasteiger partial charge in [0.1, 0.15) is 5.82 Å². The van der Waals surface area contributed by atoms with Crippen LogP contribution in [0.3, 0.4) is 0 Å². The molecule has 3 rings (SSSR count). The van der Waals surface area contributed by atoms with Crippen LogP contribution in [0.2, 0.25) is 0 Å². The molecule has 0 amide bonds. The maximum atomic E-state index is 5.76. The fourth-order valence-electron chi connectivity index (χ4n) is 3.65. The molecule has 1 fully saturated rings. The normalized spacial score (nSPS) is 15.8. The van der Waals surface area contributed by atoms with Crippen LogP contribution in [0.4, 0.5) is 0 Å². The summed E-state index contributed by atoms with van der Waals surface area (Å²) >= 11 is 0. The predicted octanol–water partition coefficient (Wildman–Crippen LogP) is 2.94. The van der Waals surface area contributed by atoms with Gasteiger partial charge in [0.05, 0.1) is 6.10 Å². The Kier molecular flexibility index (Phi) is 7.91. The second kappa shape index (κ2) is 10.9. The van der Waals surface area contributed by atoms with Gasteiger partial charge in [0, 0.05) is 58.1 Å². The van der Waals surface area contributed by atoms with Crippen LogP contribution in [0.1, 0.15) is 38.1 Å². The molecule has 0 spiro atoms. The number of piperidine rings is 1. The standard InChI is InChI=1S/C22H33N5O/c1-3-23-22(26-15-11-20(12-16-26)28-4-2)25-13-10-21-24-14-17-27(21)18-19-8-6-5-7-9-19/h5-9,14,17,20H,3-4,10-13,15-16,18H2,1-2H3,(H,23,25). The molecule has 6 heteroatoms. The largest absolute Gasteiger partial charge is 0.378 e. The SMILES string of the molecule is CCNC(=NCCc1nccn1Cc1ccccc1)N1CCC(OCC)CC1. The number of imidazole rings is 1. The van der Waals surface area contributed by atoms with E-state index in [9.17, 15) is 0 Å². The van der Waals surface area contributed by atoms with E-state index in [1.165, 1.54) is 5.56 Å². The van der Waals surface area contributed by atoms with Crippen LogP contribution >= 0.6 is 0 Å². The maximum Gasteiger partial charge on any atom is 0.193 e. The Morgan fingerprint density at radius 1 is 1.21 bits per heavy atom. The summed E-state index contributed by atoms with van der Waals surface area (Å²) in [5, 5.41) is 3.44. The first-order valence-corrected chi connectivity index (χ1v) is 10.5. The van der Waals surface area contributed by atoms with Crippen LogP contribution in [0.15, 0.2) is 47.7 Å². The van der Waals surface area contributed by atoms with Gasteiger partial charge < -0.3 is 19.5 Å². The number of likely N-dealkylation sites (tertiary alicyclic amines) is 1. The molecule has 2 aromatic rings. The molecule has 1 N–H and O–H groups in total. The second-order valence-electron chi connectivity index (χ2n) is 7.08. The van der Waals surface area contributed by atoms with E-state index in [0.717, 1.165) is 70.4 Å². The number of hydrogen-bond acceptors (Lipinski definition) is 3. The summed E-state index contributed by atoms with van der Waals surface area (Å²) in [6.07, 6.45) is 7.31. The van der Waals surface area contributed by atoms with Crippen molar-refractivity contribution in [3.63, 3.8) is 0 Å². The van der Waals surface area contributed by atoms with Gasteiger partial charge in [0.15, 0.2) is 5.96 Å². The zero-order valence-corrected chi connectivity index (χ0v) is 17.2. The van der Waals surface area contributed by atoms with Gasteiger partial charge in [-0.1, -0.05) is 30.3 Å². The second-order valence-corrected chi connectivity index (χ2v) is 7.08. The van der Waals surface area contributed by atoms with Crippen LogP contribution in [0.5, 0.6) is 0 Å². The van der Waals surface area contributed by atoms with Gasteiger partial charge in [0.25, 0.3) is 0 Å². The van der Waals surface area contributed by atoms with E-state index in [0.29, 0.717) is 6.10 Å². The number of hydrogen-bond donors (Lipinski definition) is 1. The highest BCUT2D eigenvalue weighted by molar-refractivity contribution is 5.80. The van der Waals surface area contributed by atoms with Gasteiger partial charge in [-0.3, -0.25) is 4.99 Å². The summed E-state index contributed by atoms with van der Waals surface area (Å²) in [5.41, 5.74) is 1.29. The van der Waals surface area contributed by atoms with Crippen LogP contribution in [0, 0.1) is 0 Å². The van der Waals surface area contributed by atoms with Crippen molar-refractivity contribution in [2.24, 2.45) is 4.99 Å². The van der Waals surface area contributed by atoms with Crippen molar-refractivity contribution in [1.82, 2.24) is 19.8 Å². The molecule has 6 nitrogen and oxygen atoms in total. The number of rotatable bonds is 8. The minimum Gasteiger partial charge on any atom is -0.378 e. The number of ether oxygens (including phenoxy) is 1. The Bertz CT molecular complexity index is 720. The van der Waals surface area contributed by atoms with Crippen molar-refractivity contribution in [3.8, 4) is 0 Å². The highest BCUT2D eigenvalue weighted by Gasteiger charge is 2.21. The summed E-state index contributed by atoms with van der Waals surface area (Å²) < 4.78 is 7.98. The molecule has 1 aromatic carbocycles. The molecule has 0 saturated carbocycles. The van der Waals surface area contributed by atoms with Gasteiger partial charge in [-0.25, -0.2) is 4.98 Å². The highest BCUT2D eigenvalue weighted by atomic mass is 16.5. The third kappa shape index (κ3) is 5.83. The minimum atomic E-state index is 0.398. The first-order valence-electron chi connectivity index (χ1n) is 10.5. The van der Waals surface area contributed by atoms with Crippen molar-refractivity contribution in [2.75, 3.05) is 32.8 Å². The van der Waals surface area contributed by atoms with E-state index in [-0.39, 0.29) is 0 Å².